The summed E-state index contributed by atoms with van der Waals surface area (Å²) in [6, 6.07) is 0. The van der Waals surface area contributed by atoms with Gasteiger partial charge in [-0.1, -0.05) is 12.2 Å². The third-order valence-electron chi connectivity index (χ3n) is 6.42. The molecule has 4 aliphatic rings. The Morgan fingerprint density at radius 3 is 2.59 bits per heavy atom. The maximum absolute atomic E-state index is 9.93. The number of rotatable bonds is 0. The Hall–Kier alpha value is -0.300. The van der Waals surface area contributed by atoms with Gasteiger partial charge < -0.3 is 5.11 Å². The van der Waals surface area contributed by atoms with Crippen LogP contribution in [0.3, 0.4) is 0 Å². The molecule has 1 nitrogen and oxygen atoms in total. The molecule has 4 aliphatic carbocycles. The first-order valence-corrected chi connectivity index (χ1v) is 7.67. The summed E-state index contributed by atoms with van der Waals surface area (Å²) in [5.74, 6) is 5.61. The van der Waals surface area contributed by atoms with E-state index in [9.17, 15) is 5.11 Å². The third-order valence-corrected chi connectivity index (χ3v) is 6.42. The van der Waals surface area contributed by atoms with Gasteiger partial charge in [-0.25, -0.2) is 0 Å². The molecule has 0 aromatic rings. The molecule has 0 bridgehead atoms. The molecule has 17 heavy (non-hydrogen) atoms. The molecular formula is C16H24O. The summed E-state index contributed by atoms with van der Waals surface area (Å²) in [5, 5.41) is 9.93. The first kappa shape index (κ1) is 10.6. The van der Waals surface area contributed by atoms with E-state index in [1.54, 1.807) is 0 Å². The number of hydrogen-bond donors (Lipinski definition) is 1. The van der Waals surface area contributed by atoms with Crippen molar-refractivity contribution < 1.29 is 5.11 Å². The average Bonchev–Trinajstić information content (AvgIpc) is 2.92. The van der Waals surface area contributed by atoms with Crippen molar-refractivity contribution in [3.8, 4) is 0 Å². The van der Waals surface area contributed by atoms with Crippen molar-refractivity contribution >= 4 is 0 Å². The molecule has 3 fully saturated rings. The van der Waals surface area contributed by atoms with Crippen LogP contribution < -0.4 is 0 Å². The van der Waals surface area contributed by atoms with Gasteiger partial charge >= 0.3 is 0 Å². The molecular weight excluding hydrogens is 208 g/mol. The Kier molecular flexibility index (Phi) is 2.40. The molecule has 0 amide bonds. The van der Waals surface area contributed by atoms with E-state index in [0.29, 0.717) is 0 Å². The molecule has 7 atom stereocenters. The van der Waals surface area contributed by atoms with E-state index in [2.05, 4.69) is 12.2 Å². The van der Waals surface area contributed by atoms with Gasteiger partial charge in [0, 0.05) is 0 Å². The SMILES string of the molecule is OC1CC2CCC3C4CC=CC4CCC3C2C1. The summed E-state index contributed by atoms with van der Waals surface area (Å²) < 4.78 is 0. The van der Waals surface area contributed by atoms with Crippen molar-refractivity contribution in [2.75, 3.05) is 0 Å². The Labute approximate surface area is 104 Å². The Morgan fingerprint density at radius 2 is 1.65 bits per heavy atom. The predicted molar refractivity (Wildman–Crippen MR) is 68.4 cm³/mol. The first-order valence-electron chi connectivity index (χ1n) is 7.67. The maximum atomic E-state index is 9.93. The van der Waals surface area contributed by atoms with Crippen LogP contribution in [0.25, 0.3) is 0 Å². The maximum Gasteiger partial charge on any atom is 0.0545 e. The molecule has 7 unspecified atom stereocenters. The van der Waals surface area contributed by atoms with E-state index >= 15 is 0 Å². The normalized spacial score (nSPS) is 56.4. The van der Waals surface area contributed by atoms with Gasteiger partial charge in [0.25, 0.3) is 0 Å². The lowest BCUT2D eigenvalue weighted by molar-refractivity contribution is 0.0161. The van der Waals surface area contributed by atoms with Gasteiger partial charge in [-0.3, -0.25) is 0 Å². The van der Waals surface area contributed by atoms with Crippen LogP contribution in [0.2, 0.25) is 0 Å². The van der Waals surface area contributed by atoms with Gasteiger partial charge in [-0.05, 0) is 80.5 Å². The Bertz CT molecular complexity index is 334. The molecule has 1 N–H and O–H groups in total. The zero-order chi connectivity index (χ0) is 11.4. The van der Waals surface area contributed by atoms with Crippen LogP contribution in [0.5, 0.6) is 0 Å². The zero-order valence-corrected chi connectivity index (χ0v) is 10.6. The second-order valence-corrected chi connectivity index (χ2v) is 7.02. The van der Waals surface area contributed by atoms with Gasteiger partial charge in [-0.15, -0.1) is 0 Å². The quantitative estimate of drug-likeness (QED) is 0.635. The van der Waals surface area contributed by atoms with Crippen LogP contribution in [0.15, 0.2) is 12.2 Å². The molecule has 0 radical (unpaired) electrons. The van der Waals surface area contributed by atoms with Crippen molar-refractivity contribution in [1.29, 1.82) is 0 Å². The van der Waals surface area contributed by atoms with E-state index in [1.807, 2.05) is 0 Å². The number of aliphatic hydroxyl groups is 1. The average molecular weight is 232 g/mol. The van der Waals surface area contributed by atoms with E-state index < -0.39 is 0 Å². The van der Waals surface area contributed by atoms with Crippen LogP contribution in [0, 0.1) is 35.5 Å². The fourth-order valence-electron chi connectivity index (χ4n) is 5.80. The number of hydrogen-bond acceptors (Lipinski definition) is 1. The van der Waals surface area contributed by atoms with Gasteiger partial charge in [0.15, 0.2) is 0 Å². The molecule has 0 saturated heterocycles. The van der Waals surface area contributed by atoms with Crippen LogP contribution in [0.1, 0.15) is 44.9 Å². The summed E-state index contributed by atoms with van der Waals surface area (Å²) >= 11 is 0. The van der Waals surface area contributed by atoms with Gasteiger partial charge in [0.2, 0.25) is 0 Å². The molecule has 1 heteroatoms. The second kappa shape index (κ2) is 3.85. The number of allylic oxidation sites excluding steroid dienone is 2. The van der Waals surface area contributed by atoms with E-state index in [4.69, 9.17) is 0 Å². The minimum atomic E-state index is 0.0307. The lowest BCUT2D eigenvalue weighted by Crippen LogP contribution is -2.40. The largest absolute Gasteiger partial charge is 0.393 e. The van der Waals surface area contributed by atoms with E-state index in [1.165, 1.54) is 32.1 Å². The van der Waals surface area contributed by atoms with Crippen LogP contribution >= 0.6 is 0 Å². The Balaban J connectivity index is 1.58. The molecule has 3 saturated carbocycles. The fourth-order valence-corrected chi connectivity index (χ4v) is 5.80. The molecule has 4 rings (SSSR count). The summed E-state index contributed by atoms with van der Waals surface area (Å²) in [7, 11) is 0. The number of fused-ring (bicyclic) bond motifs is 5. The summed E-state index contributed by atoms with van der Waals surface area (Å²) in [4.78, 5) is 0. The summed E-state index contributed by atoms with van der Waals surface area (Å²) in [5.41, 5.74) is 0. The highest BCUT2D eigenvalue weighted by Crippen LogP contribution is 2.57. The topological polar surface area (TPSA) is 20.2 Å². The Morgan fingerprint density at radius 1 is 0.824 bits per heavy atom. The minimum absolute atomic E-state index is 0.0307. The van der Waals surface area contributed by atoms with Crippen molar-refractivity contribution in [1.82, 2.24) is 0 Å². The van der Waals surface area contributed by atoms with Gasteiger partial charge in [-0.2, -0.15) is 0 Å². The van der Waals surface area contributed by atoms with E-state index in [-0.39, 0.29) is 6.10 Å². The monoisotopic (exact) mass is 232 g/mol. The van der Waals surface area contributed by atoms with E-state index in [0.717, 1.165) is 48.3 Å². The zero-order valence-electron chi connectivity index (χ0n) is 10.6. The molecule has 0 heterocycles. The lowest BCUT2D eigenvalue weighted by atomic mass is 9.57. The lowest BCUT2D eigenvalue weighted by Gasteiger charge is -2.48. The second-order valence-electron chi connectivity index (χ2n) is 7.02. The first-order chi connectivity index (χ1) is 8.33. The van der Waals surface area contributed by atoms with Crippen molar-refractivity contribution in [2.24, 2.45) is 35.5 Å². The highest BCUT2D eigenvalue weighted by atomic mass is 16.3. The molecule has 0 aromatic heterocycles. The molecule has 94 valence electrons. The van der Waals surface area contributed by atoms with Gasteiger partial charge in [0.1, 0.15) is 0 Å². The summed E-state index contributed by atoms with van der Waals surface area (Å²) in [6.45, 7) is 0. The van der Waals surface area contributed by atoms with Gasteiger partial charge in [0.05, 0.1) is 6.10 Å². The van der Waals surface area contributed by atoms with Crippen molar-refractivity contribution in [2.45, 2.75) is 51.0 Å². The standard InChI is InChI=1S/C16H24O/c17-12-8-11-5-7-14-13-3-1-2-10(13)4-6-15(14)16(11)9-12/h1-2,10-17H,3-9H2. The third kappa shape index (κ3) is 1.54. The van der Waals surface area contributed by atoms with Crippen molar-refractivity contribution in [3.63, 3.8) is 0 Å². The van der Waals surface area contributed by atoms with Crippen LogP contribution in [-0.2, 0) is 0 Å². The predicted octanol–water partition coefficient (Wildman–Crippen LogP) is 3.39. The molecule has 0 spiro atoms. The smallest absolute Gasteiger partial charge is 0.0545 e. The van der Waals surface area contributed by atoms with Crippen molar-refractivity contribution in [3.05, 3.63) is 12.2 Å². The minimum Gasteiger partial charge on any atom is -0.393 e. The molecule has 0 aliphatic heterocycles. The molecule has 0 aromatic carbocycles. The van der Waals surface area contributed by atoms with Crippen LogP contribution in [0.4, 0.5) is 0 Å². The highest BCUT2D eigenvalue weighted by molar-refractivity contribution is 5.09. The van der Waals surface area contributed by atoms with Crippen LogP contribution in [-0.4, -0.2) is 11.2 Å². The summed E-state index contributed by atoms with van der Waals surface area (Å²) in [6.07, 6.45) is 14.3. The fraction of sp³-hybridized carbons (Fsp3) is 0.875. The highest BCUT2D eigenvalue weighted by Gasteiger charge is 2.49. The number of aliphatic hydroxyl groups excluding tert-OH is 1.